The Morgan fingerprint density at radius 1 is 1.50 bits per heavy atom. The van der Waals surface area contributed by atoms with E-state index < -0.39 is 0 Å². The SMILES string of the molecule is CC1(C)[C@H]2CC=C(CCNC(=O)CCCn3cncn3)[C@@H]1C2. The van der Waals surface area contributed by atoms with Gasteiger partial charge in [0.15, 0.2) is 0 Å². The molecule has 0 unspecified atom stereocenters. The van der Waals surface area contributed by atoms with E-state index in [2.05, 4.69) is 35.3 Å². The average molecular weight is 302 g/mol. The van der Waals surface area contributed by atoms with Crippen LogP contribution in [-0.4, -0.2) is 27.2 Å². The number of aromatic nitrogens is 3. The van der Waals surface area contributed by atoms with Crippen molar-refractivity contribution in [3.05, 3.63) is 24.3 Å². The molecule has 1 amide bonds. The van der Waals surface area contributed by atoms with Gasteiger partial charge in [-0.05, 0) is 42.9 Å². The molecule has 1 heterocycles. The Kier molecular flexibility index (Phi) is 4.32. The Morgan fingerprint density at radius 2 is 2.36 bits per heavy atom. The molecule has 0 radical (unpaired) electrons. The first-order valence-electron chi connectivity index (χ1n) is 8.35. The molecular weight excluding hydrogens is 276 g/mol. The van der Waals surface area contributed by atoms with Gasteiger partial charge in [0.1, 0.15) is 12.7 Å². The highest BCUT2D eigenvalue weighted by molar-refractivity contribution is 5.75. The Labute approximate surface area is 132 Å². The molecule has 3 aliphatic rings. The fourth-order valence-corrected chi connectivity index (χ4v) is 3.94. The third-order valence-corrected chi connectivity index (χ3v) is 5.58. The van der Waals surface area contributed by atoms with Gasteiger partial charge >= 0.3 is 0 Å². The van der Waals surface area contributed by atoms with Crippen LogP contribution in [-0.2, 0) is 11.3 Å². The van der Waals surface area contributed by atoms with E-state index in [9.17, 15) is 4.79 Å². The van der Waals surface area contributed by atoms with Crippen molar-refractivity contribution < 1.29 is 4.79 Å². The predicted octanol–water partition coefficient (Wildman–Crippen LogP) is 2.56. The molecule has 5 nitrogen and oxygen atoms in total. The van der Waals surface area contributed by atoms with E-state index in [-0.39, 0.29) is 5.91 Å². The second-order valence-electron chi connectivity index (χ2n) is 7.18. The summed E-state index contributed by atoms with van der Waals surface area (Å²) in [5, 5.41) is 7.08. The second kappa shape index (κ2) is 6.23. The van der Waals surface area contributed by atoms with Crippen molar-refractivity contribution in [2.24, 2.45) is 17.3 Å². The fourth-order valence-electron chi connectivity index (χ4n) is 3.94. The standard InChI is InChI=1S/C17H26N4O/c1-17(2)14-6-5-13(15(17)10-14)7-8-19-16(22)4-3-9-21-12-18-11-20-21/h5,11-12,14-15H,3-4,6-10H2,1-2H3,(H,19,22)/t14-,15-/m0/s1. The highest BCUT2D eigenvalue weighted by atomic mass is 16.1. The Morgan fingerprint density at radius 3 is 3.05 bits per heavy atom. The molecule has 2 atom stereocenters. The van der Waals surface area contributed by atoms with Crippen LogP contribution in [0.4, 0.5) is 0 Å². The fraction of sp³-hybridized carbons (Fsp3) is 0.706. The van der Waals surface area contributed by atoms with Gasteiger partial charge in [-0.1, -0.05) is 25.5 Å². The lowest BCUT2D eigenvalue weighted by Gasteiger charge is -2.56. The number of nitrogens with one attached hydrogen (secondary N) is 1. The van der Waals surface area contributed by atoms with Gasteiger partial charge in [-0.3, -0.25) is 9.48 Å². The van der Waals surface area contributed by atoms with E-state index in [1.54, 1.807) is 16.6 Å². The van der Waals surface area contributed by atoms with Gasteiger partial charge in [0, 0.05) is 19.5 Å². The molecule has 0 aromatic carbocycles. The monoisotopic (exact) mass is 302 g/mol. The number of allylic oxidation sites excluding steroid dienone is 1. The Hall–Kier alpha value is -1.65. The van der Waals surface area contributed by atoms with E-state index in [0.717, 1.165) is 37.8 Å². The molecule has 1 saturated carbocycles. The third-order valence-electron chi connectivity index (χ3n) is 5.58. The topological polar surface area (TPSA) is 59.8 Å². The van der Waals surface area contributed by atoms with Gasteiger partial charge in [-0.15, -0.1) is 0 Å². The minimum absolute atomic E-state index is 0.141. The summed E-state index contributed by atoms with van der Waals surface area (Å²) in [6.07, 6.45) is 10.6. The molecule has 4 rings (SSSR count). The third kappa shape index (κ3) is 3.08. The maximum absolute atomic E-state index is 11.9. The van der Waals surface area contributed by atoms with Crippen LogP contribution in [0.5, 0.6) is 0 Å². The largest absolute Gasteiger partial charge is 0.356 e. The first-order valence-corrected chi connectivity index (χ1v) is 8.35. The molecule has 2 bridgehead atoms. The lowest BCUT2D eigenvalue weighted by molar-refractivity contribution is -0.121. The zero-order valence-electron chi connectivity index (χ0n) is 13.6. The van der Waals surface area contributed by atoms with Crippen LogP contribution in [0.3, 0.4) is 0 Å². The van der Waals surface area contributed by atoms with Crippen molar-refractivity contribution in [3.8, 4) is 0 Å². The van der Waals surface area contributed by atoms with Crippen molar-refractivity contribution >= 4 is 5.91 Å². The highest BCUT2D eigenvalue weighted by Gasteiger charge is 2.50. The van der Waals surface area contributed by atoms with Gasteiger partial charge in [0.2, 0.25) is 5.91 Å². The number of carbonyl (C=O) groups is 1. The summed E-state index contributed by atoms with van der Waals surface area (Å²) < 4.78 is 1.76. The summed E-state index contributed by atoms with van der Waals surface area (Å²) in [7, 11) is 0. The maximum Gasteiger partial charge on any atom is 0.220 e. The van der Waals surface area contributed by atoms with Crippen LogP contribution in [0, 0.1) is 17.3 Å². The van der Waals surface area contributed by atoms with Gasteiger partial charge in [-0.25, -0.2) is 4.98 Å². The Bertz CT molecular complexity index is 547. The summed E-state index contributed by atoms with van der Waals surface area (Å²) in [4.78, 5) is 15.7. The molecule has 1 aromatic heterocycles. The summed E-state index contributed by atoms with van der Waals surface area (Å²) in [6, 6.07) is 0. The second-order valence-corrected chi connectivity index (χ2v) is 7.18. The lowest BCUT2D eigenvalue weighted by atomic mass is 9.48. The van der Waals surface area contributed by atoms with Gasteiger partial charge in [0.05, 0.1) is 0 Å². The van der Waals surface area contributed by atoms with Crippen LogP contribution < -0.4 is 5.32 Å². The van der Waals surface area contributed by atoms with E-state index in [4.69, 9.17) is 0 Å². The van der Waals surface area contributed by atoms with E-state index >= 15 is 0 Å². The number of carbonyl (C=O) groups excluding carboxylic acids is 1. The normalized spacial score (nSPS) is 25.3. The predicted molar refractivity (Wildman–Crippen MR) is 85.0 cm³/mol. The molecule has 0 saturated heterocycles. The molecule has 0 spiro atoms. The van der Waals surface area contributed by atoms with Crippen molar-refractivity contribution in [2.75, 3.05) is 6.54 Å². The van der Waals surface area contributed by atoms with Crippen LogP contribution in [0.25, 0.3) is 0 Å². The van der Waals surface area contributed by atoms with Crippen molar-refractivity contribution in [2.45, 2.75) is 52.5 Å². The Balaban J connectivity index is 1.33. The molecule has 120 valence electrons. The molecule has 22 heavy (non-hydrogen) atoms. The summed E-state index contributed by atoms with van der Waals surface area (Å²) in [5.74, 6) is 1.77. The maximum atomic E-state index is 11.9. The number of hydrogen-bond acceptors (Lipinski definition) is 3. The van der Waals surface area contributed by atoms with E-state index in [1.165, 1.54) is 19.2 Å². The van der Waals surface area contributed by atoms with Crippen molar-refractivity contribution in [1.29, 1.82) is 0 Å². The smallest absolute Gasteiger partial charge is 0.220 e. The van der Waals surface area contributed by atoms with Crippen LogP contribution in [0.1, 0.15) is 46.0 Å². The molecule has 3 aliphatic carbocycles. The zero-order chi connectivity index (χ0) is 15.6. The van der Waals surface area contributed by atoms with Crippen molar-refractivity contribution in [1.82, 2.24) is 20.1 Å². The molecule has 1 fully saturated rings. The van der Waals surface area contributed by atoms with E-state index in [1.807, 2.05) is 0 Å². The van der Waals surface area contributed by atoms with Crippen LogP contribution in [0.15, 0.2) is 24.3 Å². The van der Waals surface area contributed by atoms with E-state index in [0.29, 0.717) is 11.8 Å². The quantitative estimate of drug-likeness (QED) is 0.787. The van der Waals surface area contributed by atoms with Crippen LogP contribution >= 0.6 is 0 Å². The highest BCUT2D eigenvalue weighted by Crippen LogP contribution is 2.59. The first kappa shape index (κ1) is 15.3. The average Bonchev–Trinajstić information content (AvgIpc) is 3.00. The lowest BCUT2D eigenvalue weighted by Crippen LogP contribution is -2.48. The van der Waals surface area contributed by atoms with Crippen LogP contribution in [0.2, 0.25) is 0 Å². The number of aryl methyl sites for hydroxylation is 1. The van der Waals surface area contributed by atoms with Gasteiger partial charge < -0.3 is 5.32 Å². The summed E-state index contributed by atoms with van der Waals surface area (Å²) in [6.45, 7) is 6.30. The summed E-state index contributed by atoms with van der Waals surface area (Å²) in [5.41, 5.74) is 2.04. The van der Waals surface area contributed by atoms with Gasteiger partial charge in [-0.2, -0.15) is 5.10 Å². The summed E-state index contributed by atoms with van der Waals surface area (Å²) >= 11 is 0. The molecule has 0 aliphatic heterocycles. The molecule has 5 heteroatoms. The number of fused-ring (bicyclic) bond motifs is 1. The number of nitrogens with zero attached hydrogens (tertiary/aromatic N) is 3. The molecule has 1 N–H and O–H groups in total. The molecule has 1 aromatic rings. The minimum Gasteiger partial charge on any atom is -0.356 e. The number of amides is 1. The van der Waals surface area contributed by atoms with Crippen molar-refractivity contribution in [3.63, 3.8) is 0 Å². The number of hydrogen-bond donors (Lipinski definition) is 1. The van der Waals surface area contributed by atoms with Gasteiger partial charge in [0.25, 0.3) is 0 Å². The zero-order valence-corrected chi connectivity index (χ0v) is 13.6. The first-order chi connectivity index (χ1) is 10.6. The minimum atomic E-state index is 0.141. The molecular formula is C17H26N4O. The number of rotatable bonds is 7.